The molecule has 0 spiro atoms. The number of hydrogen-bond donors (Lipinski definition) is 1. The lowest BCUT2D eigenvalue weighted by Crippen LogP contribution is -2.67. The van der Waals surface area contributed by atoms with Crippen LogP contribution in [0.3, 0.4) is 0 Å². The van der Waals surface area contributed by atoms with Crippen molar-refractivity contribution >= 4 is 19.1 Å². The lowest BCUT2D eigenvalue weighted by molar-refractivity contribution is -0.0267. The molecule has 2 fully saturated rings. The molecule has 1 N–H and O–H groups in total. The molecule has 10 nitrogen and oxygen atoms in total. The number of piperidine rings is 1. The van der Waals surface area contributed by atoms with Crippen LogP contribution in [0.4, 0.5) is 0 Å². The van der Waals surface area contributed by atoms with E-state index in [-0.39, 0.29) is 5.54 Å². The Hall–Kier alpha value is -2.65. The molecule has 0 saturated carbocycles. The van der Waals surface area contributed by atoms with Gasteiger partial charge in [-0.1, -0.05) is 19.6 Å². The molecule has 0 bridgehead atoms. The minimum atomic E-state index is -1.13. The monoisotopic (exact) mass is 493 g/mol. The Bertz CT molecular complexity index is 1200. The number of nitrogens with zero attached hydrogens (tertiary/aromatic N) is 8. The van der Waals surface area contributed by atoms with Crippen molar-refractivity contribution in [3.8, 4) is 11.3 Å². The van der Waals surface area contributed by atoms with Crippen LogP contribution in [0.2, 0.25) is 25.7 Å². The van der Waals surface area contributed by atoms with E-state index in [2.05, 4.69) is 49.8 Å². The molecule has 2 aliphatic heterocycles. The first kappa shape index (κ1) is 24.1. The van der Waals surface area contributed by atoms with Crippen molar-refractivity contribution in [2.45, 2.75) is 56.8 Å². The van der Waals surface area contributed by atoms with Gasteiger partial charge in [-0.25, -0.2) is 21.2 Å². The second-order valence-electron chi connectivity index (χ2n) is 11.1. The van der Waals surface area contributed by atoms with Gasteiger partial charge in [-0.2, -0.15) is 10.2 Å². The van der Waals surface area contributed by atoms with Gasteiger partial charge in [0.25, 0.3) is 0 Å². The van der Waals surface area contributed by atoms with Crippen molar-refractivity contribution in [3.63, 3.8) is 0 Å². The van der Waals surface area contributed by atoms with Gasteiger partial charge in [0.2, 0.25) is 6.54 Å². The fourth-order valence-electron chi connectivity index (χ4n) is 5.06. The number of aromatic nitrogens is 6. The molecule has 186 valence electrons. The average Bonchev–Trinajstić information content (AvgIpc) is 3.47. The van der Waals surface area contributed by atoms with Crippen molar-refractivity contribution in [2.75, 3.05) is 39.3 Å². The Morgan fingerprint density at radius 2 is 1.97 bits per heavy atom. The van der Waals surface area contributed by atoms with E-state index in [0.29, 0.717) is 19.3 Å². The summed E-state index contributed by atoms with van der Waals surface area (Å²) in [4.78, 5) is 15.3. The Balaban J connectivity index is 1.32. The summed E-state index contributed by atoms with van der Waals surface area (Å²) in [5.74, 6) is 0. The summed E-state index contributed by atoms with van der Waals surface area (Å²) >= 11 is 0. The maximum absolute atomic E-state index is 7.55. The third-order valence-corrected chi connectivity index (χ3v) is 8.88. The van der Waals surface area contributed by atoms with Crippen LogP contribution >= 0.6 is 0 Å². The average molecular weight is 494 g/mol. The summed E-state index contributed by atoms with van der Waals surface area (Å²) in [5.41, 5.74) is 2.21. The van der Waals surface area contributed by atoms with Crippen LogP contribution in [-0.4, -0.2) is 87.9 Å². The van der Waals surface area contributed by atoms with Crippen LogP contribution in [0.15, 0.2) is 24.9 Å². The first-order valence-electron chi connectivity index (χ1n) is 12.5. The second kappa shape index (κ2) is 9.77. The van der Waals surface area contributed by atoms with E-state index < -0.39 is 8.07 Å². The van der Waals surface area contributed by atoms with Gasteiger partial charge in [-0.05, 0) is 32.0 Å². The van der Waals surface area contributed by atoms with Crippen LogP contribution in [0.1, 0.15) is 12.8 Å². The molecule has 0 amide bonds. The van der Waals surface area contributed by atoms with E-state index in [1.54, 1.807) is 17.2 Å². The van der Waals surface area contributed by atoms with Crippen LogP contribution in [-0.2, 0) is 17.0 Å². The third-order valence-electron chi connectivity index (χ3n) is 7.18. The van der Waals surface area contributed by atoms with Crippen LogP contribution in [0, 0.1) is 6.57 Å². The summed E-state index contributed by atoms with van der Waals surface area (Å²) in [6.07, 6.45) is 9.61. The maximum Gasteiger partial charge on any atom is 0.242 e. The molecule has 5 rings (SSSR count). The highest BCUT2D eigenvalue weighted by Gasteiger charge is 2.50. The van der Waals surface area contributed by atoms with Gasteiger partial charge >= 0.3 is 0 Å². The number of ether oxygens (including phenoxy) is 1. The van der Waals surface area contributed by atoms with Gasteiger partial charge in [-0.15, -0.1) is 0 Å². The summed E-state index contributed by atoms with van der Waals surface area (Å²) in [6, 6.07) is 1.72. The van der Waals surface area contributed by atoms with Crippen molar-refractivity contribution in [2.24, 2.45) is 0 Å². The molecule has 35 heavy (non-hydrogen) atoms. The first-order chi connectivity index (χ1) is 16.9. The zero-order valence-corrected chi connectivity index (χ0v) is 21.9. The van der Waals surface area contributed by atoms with Gasteiger partial charge in [0, 0.05) is 45.6 Å². The Morgan fingerprint density at radius 3 is 2.71 bits per heavy atom. The molecular weight excluding hydrogens is 458 g/mol. The Morgan fingerprint density at radius 1 is 1.17 bits per heavy atom. The van der Waals surface area contributed by atoms with Gasteiger partial charge < -0.3 is 14.9 Å². The fraction of sp³-hybridized carbons (Fsp3) is 0.625. The quantitative estimate of drug-likeness (QED) is 0.278. The normalized spacial score (nSPS) is 19.0. The van der Waals surface area contributed by atoms with Crippen molar-refractivity contribution in [1.82, 2.24) is 39.7 Å². The molecule has 0 aromatic carbocycles. The predicted octanol–water partition coefficient (Wildman–Crippen LogP) is 2.68. The summed E-state index contributed by atoms with van der Waals surface area (Å²) < 4.78 is 9.67. The van der Waals surface area contributed by atoms with E-state index in [9.17, 15) is 0 Å². The number of hydrogen-bond acceptors (Lipinski definition) is 7. The largest absolute Gasteiger partial charge is 0.359 e. The van der Waals surface area contributed by atoms with Crippen LogP contribution in [0.5, 0.6) is 0 Å². The van der Waals surface area contributed by atoms with E-state index in [4.69, 9.17) is 16.4 Å². The zero-order chi connectivity index (χ0) is 24.5. The lowest BCUT2D eigenvalue weighted by Gasteiger charge is -2.51. The van der Waals surface area contributed by atoms with E-state index in [0.717, 1.165) is 61.1 Å². The van der Waals surface area contributed by atoms with Gasteiger partial charge in [0.05, 0.1) is 23.5 Å². The molecule has 0 aliphatic carbocycles. The molecule has 5 heterocycles. The topological polar surface area (TPSA) is 90.3 Å². The molecule has 2 aliphatic rings. The smallest absolute Gasteiger partial charge is 0.242 e. The second-order valence-corrected chi connectivity index (χ2v) is 16.7. The molecule has 2 saturated heterocycles. The lowest BCUT2D eigenvalue weighted by atomic mass is 9.86. The zero-order valence-electron chi connectivity index (χ0n) is 20.9. The van der Waals surface area contributed by atoms with Gasteiger partial charge in [0.15, 0.2) is 11.2 Å². The summed E-state index contributed by atoms with van der Waals surface area (Å²) in [7, 11) is -1.13. The number of fused-ring (bicyclic) bond motifs is 1. The number of likely N-dealkylation sites (tertiary alicyclic amines) is 1. The number of nitrogens with one attached hydrogen (secondary N) is 1. The van der Waals surface area contributed by atoms with Gasteiger partial charge in [0.1, 0.15) is 13.1 Å². The highest BCUT2D eigenvalue weighted by atomic mass is 28.3. The minimum Gasteiger partial charge on any atom is -0.359 e. The fourth-order valence-corrected chi connectivity index (χ4v) is 5.81. The Labute approximate surface area is 207 Å². The van der Waals surface area contributed by atoms with Crippen LogP contribution < -0.4 is 5.32 Å². The van der Waals surface area contributed by atoms with Crippen LogP contribution in [0.25, 0.3) is 27.1 Å². The molecule has 0 unspecified atom stereocenters. The molecular formula is C24H35N9OSi. The Kier molecular flexibility index (Phi) is 6.72. The van der Waals surface area contributed by atoms with Crippen molar-refractivity contribution < 1.29 is 4.74 Å². The summed E-state index contributed by atoms with van der Waals surface area (Å²) in [6.45, 7) is 20.0. The third kappa shape index (κ3) is 5.02. The van der Waals surface area contributed by atoms with Gasteiger partial charge in [-0.3, -0.25) is 9.58 Å². The molecule has 0 radical (unpaired) electrons. The SMILES string of the molecule is [C-]#[N+]CC1(n2cc(-c3ncnc4c3cnn4COCC[Si](C)(C)C)cn2)CN(C2CCNCC2)C1. The van der Waals surface area contributed by atoms with E-state index >= 15 is 0 Å². The number of rotatable bonds is 9. The van der Waals surface area contributed by atoms with E-state index in [1.165, 1.54) is 12.8 Å². The highest BCUT2D eigenvalue weighted by molar-refractivity contribution is 6.76. The molecule has 3 aromatic heterocycles. The molecule has 11 heteroatoms. The first-order valence-corrected chi connectivity index (χ1v) is 16.2. The predicted molar refractivity (Wildman–Crippen MR) is 138 cm³/mol. The van der Waals surface area contributed by atoms with E-state index in [1.807, 2.05) is 17.1 Å². The molecule has 0 atom stereocenters. The van der Waals surface area contributed by atoms with Crippen molar-refractivity contribution in [3.05, 3.63) is 36.3 Å². The summed E-state index contributed by atoms with van der Waals surface area (Å²) in [5, 5.41) is 13.5. The minimum absolute atomic E-state index is 0.272. The standard InChI is InChI=1S/C24H35N9OSi/c1-25-14-24(15-31(16-24)20-5-7-26-8-6-20)33-13-19(11-30-33)22-21-12-29-32(23(21)28-17-27-22)18-34-9-10-35(2,3)4/h11-13,17,20,26H,5-10,14-16,18H2,2-4H3. The molecule has 3 aromatic rings. The van der Waals surface area contributed by atoms with Crippen molar-refractivity contribution in [1.29, 1.82) is 0 Å². The maximum atomic E-state index is 7.55. The highest BCUT2D eigenvalue weighted by Crippen LogP contribution is 2.35.